The Labute approximate surface area is 188 Å². The van der Waals surface area contributed by atoms with Crippen molar-refractivity contribution < 1.29 is 41.7 Å². The van der Waals surface area contributed by atoms with Crippen molar-refractivity contribution in [3.8, 4) is 28.4 Å². The molecule has 33 heavy (non-hydrogen) atoms. The highest BCUT2D eigenvalue weighted by molar-refractivity contribution is 6.01. The lowest BCUT2D eigenvalue weighted by molar-refractivity contribution is -0.182. The minimum atomic E-state index is -4.67. The Hall–Kier alpha value is -3.43. The van der Waals surface area contributed by atoms with Crippen molar-refractivity contribution in [3.05, 3.63) is 41.5 Å². The molecule has 0 radical (unpaired) electrons. The maximum absolute atomic E-state index is 12.5. The zero-order valence-electron chi connectivity index (χ0n) is 18.6. The maximum Gasteiger partial charge on any atom is 0.399 e. The van der Waals surface area contributed by atoms with E-state index >= 15 is 0 Å². The van der Waals surface area contributed by atoms with Gasteiger partial charge in [0, 0.05) is 17.7 Å². The molecule has 7 nitrogen and oxygen atoms in total. The molecule has 0 unspecified atom stereocenters. The fourth-order valence-corrected chi connectivity index (χ4v) is 3.54. The van der Waals surface area contributed by atoms with E-state index in [4.69, 9.17) is 18.9 Å². The molecule has 1 N–H and O–H groups in total. The lowest BCUT2D eigenvalue weighted by atomic mass is 9.95. The van der Waals surface area contributed by atoms with E-state index in [1.54, 1.807) is 24.3 Å². The third-order valence-electron chi connectivity index (χ3n) is 4.94. The second-order valence-electron chi connectivity index (χ2n) is 8.01. The molecule has 1 amide bonds. The minimum absolute atomic E-state index is 0.187. The molecule has 0 aromatic heterocycles. The third kappa shape index (κ3) is 5.50. The van der Waals surface area contributed by atoms with Crippen LogP contribution in [0.1, 0.15) is 36.2 Å². The van der Waals surface area contributed by atoms with E-state index in [-0.39, 0.29) is 24.0 Å². The molecule has 0 aliphatic carbocycles. The zero-order valence-corrected chi connectivity index (χ0v) is 18.6. The Morgan fingerprint density at radius 2 is 1.70 bits per heavy atom. The highest BCUT2D eigenvalue weighted by Crippen LogP contribution is 2.46. The van der Waals surface area contributed by atoms with Crippen LogP contribution in [-0.4, -0.2) is 44.5 Å². The van der Waals surface area contributed by atoms with Crippen molar-refractivity contribution in [2.24, 2.45) is 0 Å². The Morgan fingerprint density at radius 1 is 1.00 bits per heavy atom. The lowest BCUT2D eigenvalue weighted by Crippen LogP contribution is -2.36. The standard InChI is InChI=1S/C23H24F3NO6/c1-22(2,33-18(28)10-23(24,25)26)12-32-19-14(8-9-17(30-3)20(19)31-4)13-6-5-7-15-16(13)11-27-21(15)29/h5-9H,10-12H2,1-4H3,(H,27,29). The van der Waals surface area contributed by atoms with Gasteiger partial charge in [-0.25, -0.2) is 0 Å². The SMILES string of the molecule is COc1ccc(-c2cccc3c2CNC3=O)c(OCC(C)(C)OC(=O)CC(F)(F)F)c1OC. The summed E-state index contributed by atoms with van der Waals surface area (Å²) in [6.45, 7) is 2.95. The first-order valence-electron chi connectivity index (χ1n) is 10.0. The smallest absolute Gasteiger partial charge is 0.399 e. The first-order chi connectivity index (χ1) is 15.5. The molecule has 0 saturated carbocycles. The van der Waals surface area contributed by atoms with E-state index < -0.39 is 24.2 Å². The summed E-state index contributed by atoms with van der Waals surface area (Å²) in [7, 11) is 2.87. The molecule has 1 aliphatic heterocycles. The molecule has 0 spiro atoms. The van der Waals surface area contributed by atoms with Gasteiger partial charge in [-0.1, -0.05) is 12.1 Å². The maximum atomic E-state index is 12.5. The Balaban J connectivity index is 1.96. The highest BCUT2D eigenvalue weighted by Gasteiger charge is 2.35. The van der Waals surface area contributed by atoms with E-state index in [1.165, 1.54) is 28.1 Å². The fraction of sp³-hybridized carbons (Fsp3) is 0.391. The fourth-order valence-electron chi connectivity index (χ4n) is 3.54. The number of carbonyl (C=O) groups excluding carboxylic acids is 2. The number of ether oxygens (including phenoxy) is 4. The van der Waals surface area contributed by atoms with E-state index in [0.717, 1.165) is 5.56 Å². The molecule has 1 heterocycles. The summed E-state index contributed by atoms with van der Waals surface area (Å²) in [5.41, 5.74) is 1.24. The van der Waals surface area contributed by atoms with Crippen LogP contribution in [0.5, 0.6) is 17.2 Å². The number of halogens is 3. The number of nitrogens with one attached hydrogen (secondary N) is 1. The first-order valence-corrected chi connectivity index (χ1v) is 10.0. The Kier molecular flexibility index (Phi) is 6.76. The van der Waals surface area contributed by atoms with Crippen LogP contribution in [0.2, 0.25) is 0 Å². The second-order valence-corrected chi connectivity index (χ2v) is 8.01. The van der Waals surface area contributed by atoms with Crippen molar-refractivity contribution in [1.29, 1.82) is 0 Å². The Bertz CT molecular complexity index is 1060. The number of hydrogen-bond donors (Lipinski definition) is 1. The van der Waals surface area contributed by atoms with Gasteiger partial charge in [0.2, 0.25) is 5.75 Å². The van der Waals surface area contributed by atoms with Crippen LogP contribution in [-0.2, 0) is 16.1 Å². The van der Waals surface area contributed by atoms with Crippen molar-refractivity contribution in [3.63, 3.8) is 0 Å². The molecule has 2 aromatic carbocycles. The lowest BCUT2D eigenvalue weighted by Gasteiger charge is -2.27. The average molecular weight is 467 g/mol. The summed E-state index contributed by atoms with van der Waals surface area (Å²) < 4.78 is 59.3. The van der Waals surface area contributed by atoms with Gasteiger partial charge < -0.3 is 24.3 Å². The summed E-state index contributed by atoms with van der Waals surface area (Å²) in [4.78, 5) is 23.8. The van der Waals surface area contributed by atoms with Gasteiger partial charge >= 0.3 is 12.1 Å². The largest absolute Gasteiger partial charge is 0.493 e. The van der Waals surface area contributed by atoms with Crippen LogP contribution >= 0.6 is 0 Å². The summed E-state index contributed by atoms with van der Waals surface area (Å²) in [5, 5.41) is 2.78. The molecule has 10 heteroatoms. The Morgan fingerprint density at radius 3 is 2.33 bits per heavy atom. The highest BCUT2D eigenvalue weighted by atomic mass is 19.4. The van der Waals surface area contributed by atoms with E-state index in [9.17, 15) is 22.8 Å². The van der Waals surface area contributed by atoms with Gasteiger partial charge in [0.15, 0.2) is 11.5 Å². The molecule has 3 rings (SSSR count). The van der Waals surface area contributed by atoms with Gasteiger partial charge in [-0.05, 0) is 43.2 Å². The summed E-state index contributed by atoms with van der Waals surface area (Å²) in [5.74, 6) is -0.733. The van der Waals surface area contributed by atoms with Crippen LogP contribution in [0.3, 0.4) is 0 Å². The molecule has 178 valence electrons. The van der Waals surface area contributed by atoms with Gasteiger partial charge in [0.05, 0.1) is 14.2 Å². The van der Waals surface area contributed by atoms with Crippen LogP contribution in [0, 0.1) is 0 Å². The average Bonchev–Trinajstić information content (AvgIpc) is 3.10. The topological polar surface area (TPSA) is 83.1 Å². The zero-order chi connectivity index (χ0) is 24.4. The first kappa shape index (κ1) is 24.2. The number of methoxy groups -OCH3 is 2. The molecule has 2 aromatic rings. The number of carbonyl (C=O) groups is 2. The number of fused-ring (bicyclic) bond motifs is 1. The van der Waals surface area contributed by atoms with Crippen molar-refractivity contribution in [2.45, 2.75) is 38.6 Å². The number of rotatable bonds is 8. The molecule has 0 fully saturated rings. The van der Waals surface area contributed by atoms with Crippen molar-refractivity contribution in [1.82, 2.24) is 5.32 Å². The predicted molar refractivity (Wildman–Crippen MR) is 112 cm³/mol. The number of esters is 1. The number of amides is 1. The summed E-state index contributed by atoms with van der Waals surface area (Å²) in [6, 6.07) is 8.69. The van der Waals surface area contributed by atoms with Crippen molar-refractivity contribution >= 4 is 11.9 Å². The molecule has 0 bridgehead atoms. The minimum Gasteiger partial charge on any atom is -0.493 e. The van der Waals surface area contributed by atoms with Crippen LogP contribution in [0.25, 0.3) is 11.1 Å². The van der Waals surface area contributed by atoms with Crippen LogP contribution in [0.15, 0.2) is 30.3 Å². The van der Waals surface area contributed by atoms with Crippen LogP contribution in [0.4, 0.5) is 13.2 Å². The molecular formula is C23H24F3NO6. The van der Waals surface area contributed by atoms with Crippen LogP contribution < -0.4 is 19.5 Å². The normalized spacial score (nSPS) is 13.2. The predicted octanol–water partition coefficient (Wildman–Crippen LogP) is 4.27. The number of hydrogen-bond acceptors (Lipinski definition) is 6. The second kappa shape index (κ2) is 9.21. The molecule has 1 aliphatic rings. The van der Waals surface area contributed by atoms with E-state index in [0.29, 0.717) is 29.0 Å². The van der Waals surface area contributed by atoms with Crippen molar-refractivity contribution in [2.75, 3.05) is 20.8 Å². The third-order valence-corrected chi connectivity index (χ3v) is 4.94. The van der Waals surface area contributed by atoms with Gasteiger partial charge in [0.1, 0.15) is 18.6 Å². The monoisotopic (exact) mass is 467 g/mol. The van der Waals surface area contributed by atoms with Gasteiger partial charge in [-0.3, -0.25) is 9.59 Å². The van der Waals surface area contributed by atoms with Gasteiger partial charge in [-0.15, -0.1) is 0 Å². The van der Waals surface area contributed by atoms with Gasteiger partial charge in [0.25, 0.3) is 5.91 Å². The molecule has 0 atom stereocenters. The summed E-state index contributed by atoms with van der Waals surface area (Å²) >= 11 is 0. The molecule has 0 saturated heterocycles. The number of alkyl halides is 3. The number of benzene rings is 2. The van der Waals surface area contributed by atoms with E-state index in [2.05, 4.69) is 5.32 Å². The van der Waals surface area contributed by atoms with Gasteiger partial charge in [-0.2, -0.15) is 13.2 Å². The van der Waals surface area contributed by atoms with E-state index in [1.807, 2.05) is 6.07 Å². The molecular weight excluding hydrogens is 443 g/mol. The summed E-state index contributed by atoms with van der Waals surface area (Å²) in [6.07, 6.45) is -6.36. The quantitative estimate of drug-likeness (QED) is 0.584.